The van der Waals surface area contributed by atoms with E-state index in [1.807, 2.05) is 7.11 Å². The zero-order valence-corrected chi connectivity index (χ0v) is 21.6. The number of unbranched alkanes of at least 4 members (excludes halogenated alkanes) is 2. The van der Waals surface area contributed by atoms with Crippen LogP contribution in [0.3, 0.4) is 0 Å². The molecular weight excluding hydrogens is 399 g/mol. The van der Waals surface area contributed by atoms with Crippen LogP contribution >= 0.6 is 8.22 Å². The Labute approximate surface area is 193 Å². The number of rotatable bonds is 11. The second kappa shape index (κ2) is 13.4. The number of nitrogens with one attached hydrogen (secondary N) is 1. The topological polar surface area (TPSA) is 24.5 Å². The van der Waals surface area contributed by atoms with Gasteiger partial charge in [-0.15, -0.1) is 13.2 Å². The molecule has 0 amide bonds. The Bertz CT molecular complexity index is 711. The average Bonchev–Trinajstić information content (AvgIpc) is 3.58. The molecule has 2 atom stereocenters. The van der Waals surface area contributed by atoms with Gasteiger partial charge in [-0.05, 0) is 83.2 Å². The predicted octanol–water partition coefficient (Wildman–Crippen LogP) is 7.57. The first-order chi connectivity index (χ1) is 15.0. The van der Waals surface area contributed by atoms with Crippen molar-refractivity contribution < 1.29 is 4.74 Å². The van der Waals surface area contributed by atoms with E-state index in [1.165, 1.54) is 73.6 Å². The maximum Gasteiger partial charge on any atom is 0.123 e. The molecule has 1 aromatic rings. The molecule has 0 aliphatic heterocycles. The second-order valence-electron chi connectivity index (χ2n) is 9.15. The molecule has 2 aliphatic rings. The van der Waals surface area contributed by atoms with Crippen molar-refractivity contribution in [2.75, 3.05) is 21.2 Å². The third-order valence-electron chi connectivity index (χ3n) is 6.23. The van der Waals surface area contributed by atoms with Gasteiger partial charge >= 0.3 is 0 Å². The number of hydrogen-bond acceptors (Lipinski definition) is 3. The van der Waals surface area contributed by atoms with Crippen LogP contribution in [0.4, 0.5) is 0 Å². The van der Waals surface area contributed by atoms with Crippen molar-refractivity contribution in [3.63, 3.8) is 0 Å². The van der Waals surface area contributed by atoms with Gasteiger partial charge < -0.3 is 4.74 Å². The number of benzene rings is 1. The molecular formula is C27H45N2OP. The van der Waals surface area contributed by atoms with Crippen molar-refractivity contribution >= 4 is 8.22 Å². The first-order valence-electron chi connectivity index (χ1n) is 12.1. The summed E-state index contributed by atoms with van der Waals surface area (Å²) in [5.41, 5.74) is 5.95. The minimum absolute atomic E-state index is 0.360. The SMILES string of the molecule is C=C.CCCCCc1cc(CP(NC2CC2)N(C)C)c(C2C=C(C)CCC2)c(OC)c1. The summed E-state index contributed by atoms with van der Waals surface area (Å²) in [5, 5.41) is 3.92. The normalized spacial score (nSPS) is 19.4. The number of aryl methyl sites for hydroxylation is 1. The quantitative estimate of drug-likeness (QED) is 0.216. The van der Waals surface area contributed by atoms with Gasteiger partial charge in [0.1, 0.15) is 5.75 Å². The molecule has 0 spiro atoms. The van der Waals surface area contributed by atoms with E-state index in [2.05, 4.69) is 69.1 Å². The summed E-state index contributed by atoms with van der Waals surface area (Å²) in [6, 6.07) is 5.58. The molecule has 0 aromatic heterocycles. The van der Waals surface area contributed by atoms with Crippen molar-refractivity contribution in [2.24, 2.45) is 0 Å². The summed E-state index contributed by atoms with van der Waals surface area (Å²) >= 11 is 0. The highest BCUT2D eigenvalue weighted by Crippen LogP contribution is 2.46. The monoisotopic (exact) mass is 444 g/mol. The summed E-state index contributed by atoms with van der Waals surface area (Å²) in [4.78, 5) is 0. The van der Waals surface area contributed by atoms with Crippen molar-refractivity contribution in [3.05, 3.63) is 53.6 Å². The van der Waals surface area contributed by atoms with Gasteiger partial charge in [0, 0.05) is 31.9 Å². The van der Waals surface area contributed by atoms with Crippen LogP contribution in [0.25, 0.3) is 0 Å². The molecule has 1 N–H and O–H groups in total. The highest BCUT2D eigenvalue weighted by molar-refractivity contribution is 7.52. The summed E-state index contributed by atoms with van der Waals surface area (Å²) in [7, 11) is 5.96. The molecule has 3 rings (SSSR count). The predicted molar refractivity (Wildman–Crippen MR) is 138 cm³/mol. The van der Waals surface area contributed by atoms with E-state index in [-0.39, 0.29) is 8.22 Å². The summed E-state index contributed by atoms with van der Waals surface area (Å²) in [6.07, 6.45) is 15.1. The lowest BCUT2D eigenvalue weighted by Crippen LogP contribution is -2.21. The van der Waals surface area contributed by atoms with E-state index in [9.17, 15) is 0 Å². The average molecular weight is 445 g/mol. The first-order valence-corrected chi connectivity index (χ1v) is 13.6. The van der Waals surface area contributed by atoms with Crippen LogP contribution in [0, 0.1) is 0 Å². The van der Waals surface area contributed by atoms with E-state index in [0.29, 0.717) is 5.92 Å². The summed E-state index contributed by atoms with van der Waals surface area (Å²) in [5.74, 6) is 1.61. The lowest BCUT2D eigenvalue weighted by Gasteiger charge is -2.30. The van der Waals surface area contributed by atoms with Crippen molar-refractivity contribution in [1.82, 2.24) is 9.76 Å². The van der Waals surface area contributed by atoms with Gasteiger partial charge in [-0.2, -0.15) is 0 Å². The molecule has 2 aliphatic carbocycles. The molecule has 174 valence electrons. The molecule has 31 heavy (non-hydrogen) atoms. The molecule has 1 aromatic carbocycles. The molecule has 0 bridgehead atoms. The molecule has 0 heterocycles. The van der Waals surface area contributed by atoms with Crippen LogP contribution in [0.1, 0.15) is 87.8 Å². The van der Waals surface area contributed by atoms with Crippen LogP contribution in [0.5, 0.6) is 5.75 Å². The smallest absolute Gasteiger partial charge is 0.123 e. The second-order valence-corrected chi connectivity index (χ2v) is 11.3. The van der Waals surface area contributed by atoms with E-state index < -0.39 is 0 Å². The number of hydrogen-bond donors (Lipinski definition) is 1. The Balaban J connectivity index is 0.00000166. The van der Waals surface area contributed by atoms with Crippen LogP contribution in [-0.4, -0.2) is 31.9 Å². The van der Waals surface area contributed by atoms with E-state index >= 15 is 0 Å². The third-order valence-corrected chi connectivity index (χ3v) is 8.50. The van der Waals surface area contributed by atoms with Crippen LogP contribution in [0.2, 0.25) is 0 Å². The molecule has 0 saturated heterocycles. The molecule has 0 radical (unpaired) electrons. The molecule has 4 heteroatoms. The minimum Gasteiger partial charge on any atom is -0.496 e. The largest absolute Gasteiger partial charge is 0.496 e. The Hall–Kier alpha value is -1.15. The van der Waals surface area contributed by atoms with Crippen molar-refractivity contribution in [2.45, 2.75) is 89.8 Å². The van der Waals surface area contributed by atoms with Gasteiger partial charge in [-0.3, -0.25) is 9.76 Å². The van der Waals surface area contributed by atoms with Gasteiger partial charge in [0.2, 0.25) is 0 Å². The first kappa shape index (κ1) is 26.1. The maximum atomic E-state index is 6.00. The Morgan fingerprint density at radius 1 is 1.16 bits per heavy atom. The van der Waals surface area contributed by atoms with Crippen LogP contribution < -0.4 is 9.82 Å². The van der Waals surface area contributed by atoms with Gasteiger partial charge in [-0.25, -0.2) is 0 Å². The zero-order chi connectivity index (χ0) is 22.8. The fourth-order valence-electron chi connectivity index (χ4n) is 4.42. The highest BCUT2D eigenvalue weighted by atomic mass is 31.1. The number of ether oxygens (including phenoxy) is 1. The molecule has 2 unspecified atom stereocenters. The van der Waals surface area contributed by atoms with Gasteiger partial charge in [0.15, 0.2) is 0 Å². The lowest BCUT2D eigenvalue weighted by molar-refractivity contribution is 0.404. The minimum atomic E-state index is -0.360. The number of allylic oxidation sites excluding steroid dienone is 2. The number of nitrogens with zero attached hydrogens (tertiary/aromatic N) is 1. The fourth-order valence-corrected chi connectivity index (χ4v) is 6.29. The van der Waals surface area contributed by atoms with Gasteiger partial charge in [-0.1, -0.05) is 37.5 Å². The van der Waals surface area contributed by atoms with Crippen molar-refractivity contribution in [3.8, 4) is 5.75 Å². The number of methoxy groups -OCH3 is 1. The Kier molecular flexibility index (Phi) is 11.3. The van der Waals surface area contributed by atoms with Crippen LogP contribution in [0.15, 0.2) is 36.9 Å². The fraction of sp³-hybridized carbons (Fsp3) is 0.630. The van der Waals surface area contributed by atoms with E-state index in [4.69, 9.17) is 4.74 Å². The Morgan fingerprint density at radius 3 is 2.48 bits per heavy atom. The molecule has 3 nitrogen and oxygen atoms in total. The third kappa shape index (κ3) is 8.04. The standard InChI is InChI=1S/C25H41N2OP.C2H4/c1-6-7-8-11-20-16-22(18-29(27(3)4)26-23-13-14-23)25(24(17-20)28-5)21-12-9-10-19(2)15-21;1-2/h15-17,21,23,26H,6-14,18H2,1-5H3;1-2H2. The zero-order valence-electron chi connectivity index (χ0n) is 20.7. The lowest BCUT2D eigenvalue weighted by atomic mass is 9.83. The van der Waals surface area contributed by atoms with Crippen molar-refractivity contribution in [1.29, 1.82) is 0 Å². The van der Waals surface area contributed by atoms with Crippen LogP contribution in [-0.2, 0) is 12.6 Å². The Morgan fingerprint density at radius 2 is 1.90 bits per heavy atom. The molecule has 1 fully saturated rings. The van der Waals surface area contributed by atoms with E-state index in [1.54, 1.807) is 0 Å². The van der Waals surface area contributed by atoms with Gasteiger partial charge in [0.05, 0.1) is 7.11 Å². The summed E-state index contributed by atoms with van der Waals surface area (Å²) in [6.45, 7) is 10.6. The summed E-state index contributed by atoms with van der Waals surface area (Å²) < 4.78 is 8.41. The van der Waals surface area contributed by atoms with Gasteiger partial charge in [0.25, 0.3) is 0 Å². The highest BCUT2D eigenvalue weighted by Gasteiger charge is 2.28. The molecule has 1 saturated carbocycles. The maximum absolute atomic E-state index is 6.00. The van der Waals surface area contributed by atoms with E-state index in [0.717, 1.165) is 24.4 Å².